The van der Waals surface area contributed by atoms with E-state index in [0.717, 1.165) is 17.4 Å². The van der Waals surface area contributed by atoms with E-state index in [1.54, 1.807) is 13.0 Å². The third-order valence-electron chi connectivity index (χ3n) is 2.27. The molecule has 0 aliphatic carbocycles. The number of nitrogens with zero attached hydrogens (tertiary/aromatic N) is 1. The van der Waals surface area contributed by atoms with Crippen molar-refractivity contribution in [3.05, 3.63) is 54.6 Å². The Labute approximate surface area is 114 Å². The highest BCUT2D eigenvalue weighted by Crippen LogP contribution is 2.17. The Kier molecular flexibility index (Phi) is 5.51. The van der Waals surface area contributed by atoms with Gasteiger partial charge in [0.2, 0.25) is 0 Å². The van der Waals surface area contributed by atoms with Crippen LogP contribution in [-0.2, 0) is 14.4 Å². The molecular weight excluding hydrogens is 262 g/mol. The van der Waals surface area contributed by atoms with Crippen molar-refractivity contribution in [2.45, 2.75) is 13.3 Å². The third kappa shape index (κ3) is 5.52. The van der Waals surface area contributed by atoms with Gasteiger partial charge in [0.1, 0.15) is 0 Å². The van der Waals surface area contributed by atoms with Crippen LogP contribution in [0.2, 0.25) is 0 Å². The highest BCUT2D eigenvalue weighted by Gasteiger charge is 2.07. The molecule has 0 saturated carbocycles. The van der Waals surface area contributed by atoms with Crippen LogP contribution >= 0.6 is 0 Å². The quantitative estimate of drug-likeness (QED) is 0.457. The molecule has 0 heterocycles. The Hall–Kier alpha value is -1.88. The summed E-state index contributed by atoms with van der Waals surface area (Å²) in [5.74, 6) is 0. The minimum absolute atomic E-state index is 0.499. The molecule has 19 heavy (non-hydrogen) atoms. The van der Waals surface area contributed by atoms with Crippen molar-refractivity contribution in [1.29, 1.82) is 0 Å². The lowest BCUT2D eigenvalue weighted by atomic mass is 10.0. The maximum Gasteiger partial charge on any atom is 0.325 e. The molecule has 0 unspecified atom stereocenters. The molecule has 0 aliphatic rings. The first-order valence-corrected chi connectivity index (χ1v) is 7.56. The second-order valence-corrected chi connectivity index (χ2v) is 5.52. The summed E-state index contributed by atoms with van der Waals surface area (Å²) < 4.78 is 26.4. The van der Waals surface area contributed by atoms with Gasteiger partial charge in [0.25, 0.3) is 0 Å². The summed E-state index contributed by atoms with van der Waals surface area (Å²) in [6.07, 6.45) is 5.30. The van der Waals surface area contributed by atoms with Gasteiger partial charge in [-0.3, -0.25) is 4.28 Å². The first kappa shape index (κ1) is 15.2. The summed E-state index contributed by atoms with van der Waals surface area (Å²) in [5, 5.41) is 3.65. The minimum atomic E-state index is -3.59. The van der Waals surface area contributed by atoms with Crippen molar-refractivity contribution in [3.8, 4) is 0 Å². The van der Waals surface area contributed by atoms with E-state index >= 15 is 0 Å². The smallest absolute Gasteiger partial charge is 0.268 e. The predicted molar refractivity (Wildman–Crippen MR) is 78.3 cm³/mol. The lowest BCUT2D eigenvalue weighted by Gasteiger charge is -2.07. The maximum absolute atomic E-state index is 10.9. The minimum Gasteiger partial charge on any atom is -0.268 e. The molecule has 5 heteroatoms. The first-order chi connectivity index (χ1) is 8.94. The molecule has 0 spiro atoms. The number of rotatable bonds is 6. The Balaban J connectivity index is 3.08. The van der Waals surface area contributed by atoms with Gasteiger partial charge in [-0.05, 0) is 18.9 Å². The van der Waals surface area contributed by atoms with Gasteiger partial charge in [-0.25, -0.2) is 0 Å². The number of hydrogen-bond acceptors (Lipinski definition) is 4. The third-order valence-corrected chi connectivity index (χ3v) is 2.62. The molecule has 1 rings (SSSR count). The second kappa shape index (κ2) is 6.89. The van der Waals surface area contributed by atoms with Gasteiger partial charge in [-0.1, -0.05) is 47.6 Å². The zero-order valence-electron chi connectivity index (χ0n) is 11.0. The molecule has 0 fully saturated rings. The van der Waals surface area contributed by atoms with Crippen molar-refractivity contribution in [1.82, 2.24) is 0 Å². The predicted octanol–water partition coefficient (Wildman–Crippen LogP) is 3.00. The molecule has 0 atom stereocenters. The molecule has 0 radical (unpaired) electrons. The lowest BCUT2D eigenvalue weighted by molar-refractivity contribution is 0.343. The monoisotopic (exact) mass is 279 g/mol. The summed E-state index contributed by atoms with van der Waals surface area (Å²) in [4.78, 5) is 0. The summed E-state index contributed by atoms with van der Waals surface area (Å²) >= 11 is 0. The SMILES string of the molecule is C=CC/C=C(\C(C)=N\OS(C)(=O)=O)c1ccccc1. The van der Waals surface area contributed by atoms with Crippen molar-refractivity contribution in [2.75, 3.05) is 6.26 Å². The topological polar surface area (TPSA) is 55.7 Å². The summed E-state index contributed by atoms with van der Waals surface area (Å²) in [7, 11) is -3.59. The van der Waals surface area contributed by atoms with Gasteiger partial charge in [0.15, 0.2) is 0 Å². The maximum atomic E-state index is 10.9. The Morgan fingerprint density at radius 2 is 2.00 bits per heavy atom. The number of oxime groups is 1. The van der Waals surface area contributed by atoms with Gasteiger partial charge in [0.05, 0.1) is 12.0 Å². The fourth-order valence-corrected chi connectivity index (χ4v) is 1.71. The van der Waals surface area contributed by atoms with Gasteiger partial charge < -0.3 is 0 Å². The fraction of sp³-hybridized carbons (Fsp3) is 0.214. The highest BCUT2D eigenvalue weighted by molar-refractivity contribution is 7.85. The normalized spacial score (nSPS) is 13.2. The van der Waals surface area contributed by atoms with E-state index in [1.165, 1.54) is 0 Å². The van der Waals surface area contributed by atoms with Crippen LogP contribution in [0, 0.1) is 0 Å². The molecule has 102 valence electrons. The van der Waals surface area contributed by atoms with Crippen LogP contribution in [0.3, 0.4) is 0 Å². The molecule has 1 aromatic rings. The van der Waals surface area contributed by atoms with Crippen LogP contribution in [0.4, 0.5) is 0 Å². The van der Waals surface area contributed by atoms with Gasteiger partial charge in [-0.15, -0.1) is 6.58 Å². The van der Waals surface area contributed by atoms with E-state index in [9.17, 15) is 8.42 Å². The van der Waals surface area contributed by atoms with Crippen LogP contribution in [0.5, 0.6) is 0 Å². The summed E-state index contributed by atoms with van der Waals surface area (Å²) in [5.41, 5.74) is 2.27. The van der Waals surface area contributed by atoms with Crippen LogP contribution < -0.4 is 0 Å². The number of benzene rings is 1. The second-order valence-electron chi connectivity index (χ2n) is 3.96. The standard InChI is InChI=1S/C14H17NO3S/c1-4-5-11-14(13-9-7-6-8-10-13)12(2)15-18-19(3,16)17/h4,6-11H,1,5H2,2-3H3/b14-11+,15-12+. The number of hydrogen-bond donors (Lipinski definition) is 0. The largest absolute Gasteiger partial charge is 0.325 e. The van der Waals surface area contributed by atoms with E-state index in [2.05, 4.69) is 16.0 Å². The van der Waals surface area contributed by atoms with Gasteiger partial charge in [-0.2, -0.15) is 8.42 Å². The molecule has 0 bridgehead atoms. The zero-order chi connectivity index (χ0) is 14.3. The lowest BCUT2D eigenvalue weighted by Crippen LogP contribution is -2.03. The Bertz CT molecular complexity index is 586. The van der Waals surface area contributed by atoms with E-state index in [0.29, 0.717) is 12.1 Å². The average molecular weight is 279 g/mol. The molecule has 0 aliphatic heterocycles. The van der Waals surface area contributed by atoms with Crippen LogP contribution in [0.15, 0.2) is 54.2 Å². The first-order valence-electron chi connectivity index (χ1n) is 5.74. The van der Waals surface area contributed by atoms with Crippen molar-refractivity contribution < 1.29 is 12.7 Å². The fourth-order valence-electron chi connectivity index (χ4n) is 1.47. The summed E-state index contributed by atoms with van der Waals surface area (Å²) in [6, 6.07) is 9.57. The van der Waals surface area contributed by atoms with Crippen LogP contribution in [-0.4, -0.2) is 20.4 Å². The Morgan fingerprint density at radius 1 is 1.37 bits per heavy atom. The van der Waals surface area contributed by atoms with Crippen molar-refractivity contribution in [3.63, 3.8) is 0 Å². The highest BCUT2D eigenvalue weighted by atomic mass is 32.2. The van der Waals surface area contributed by atoms with Gasteiger partial charge >= 0.3 is 10.1 Å². The molecule has 0 N–H and O–H groups in total. The van der Waals surface area contributed by atoms with Gasteiger partial charge in [0, 0.05) is 5.57 Å². The van der Waals surface area contributed by atoms with E-state index in [4.69, 9.17) is 0 Å². The molecule has 1 aromatic carbocycles. The molecule has 4 nitrogen and oxygen atoms in total. The van der Waals surface area contributed by atoms with Crippen LogP contribution in [0.25, 0.3) is 5.57 Å². The van der Waals surface area contributed by atoms with E-state index in [-0.39, 0.29) is 0 Å². The molecule has 0 saturated heterocycles. The Morgan fingerprint density at radius 3 is 2.53 bits per heavy atom. The molecule has 0 aromatic heterocycles. The van der Waals surface area contributed by atoms with E-state index in [1.807, 2.05) is 36.4 Å². The van der Waals surface area contributed by atoms with E-state index < -0.39 is 10.1 Å². The van der Waals surface area contributed by atoms with Crippen molar-refractivity contribution >= 4 is 21.4 Å². The van der Waals surface area contributed by atoms with Crippen molar-refractivity contribution in [2.24, 2.45) is 5.16 Å². The number of allylic oxidation sites excluding steroid dienone is 3. The zero-order valence-corrected chi connectivity index (χ0v) is 11.9. The molecular formula is C14H17NO3S. The average Bonchev–Trinajstić information content (AvgIpc) is 2.37. The summed E-state index contributed by atoms with van der Waals surface area (Å²) in [6.45, 7) is 5.36. The van der Waals surface area contributed by atoms with Crippen LogP contribution in [0.1, 0.15) is 18.9 Å². The molecule has 0 amide bonds.